The van der Waals surface area contributed by atoms with Gasteiger partial charge in [-0.3, -0.25) is 9.59 Å². The smallest absolute Gasteiger partial charge is 0.242 e. The Morgan fingerprint density at radius 1 is 0.949 bits per heavy atom. The summed E-state index contributed by atoms with van der Waals surface area (Å²) in [6, 6.07) is 13.1. The van der Waals surface area contributed by atoms with E-state index in [1.807, 2.05) is 64.1 Å². The second kappa shape index (κ2) is 14.5. The molecule has 0 bridgehead atoms. The molecule has 3 rings (SSSR count). The van der Waals surface area contributed by atoms with Crippen LogP contribution in [0.1, 0.15) is 74.9 Å². The van der Waals surface area contributed by atoms with Gasteiger partial charge in [-0.15, -0.1) is 0 Å². The monoisotopic (exact) mass is 530 g/mol. The molecular weight excluding hydrogens is 488 g/mol. The molecule has 0 aliphatic heterocycles. The molecule has 0 spiro atoms. The number of nitrogens with zero attached hydrogens (tertiary/aromatic N) is 2. The van der Waals surface area contributed by atoms with E-state index < -0.39 is 0 Å². The summed E-state index contributed by atoms with van der Waals surface area (Å²) in [5, 5.41) is 0.794. The van der Waals surface area contributed by atoms with Crippen molar-refractivity contribution in [1.29, 1.82) is 0 Å². The topological polar surface area (TPSA) is 68.6 Å². The third kappa shape index (κ3) is 8.41. The van der Waals surface area contributed by atoms with Crippen molar-refractivity contribution in [2.45, 2.75) is 59.9 Å². The van der Waals surface area contributed by atoms with Crippen LogP contribution in [0, 0.1) is 11.8 Å². The maximum atomic E-state index is 13.6. The Hall–Kier alpha value is -3.67. The lowest BCUT2D eigenvalue weighted by molar-refractivity contribution is -0.132. The summed E-state index contributed by atoms with van der Waals surface area (Å²) in [6.07, 6.45) is 9.71. The maximum absolute atomic E-state index is 13.6. The molecule has 2 aromatic carbocycles. The van der Waals surface area contributed by atoms with Crippen molar-refractivity contribution in [3.05, 3.63) is 71.4 Å². The number of rotatable bonds is 15. The highest BCUT2D eigenvalue weighted by Crippen LogP contribution is 2.28. The molecule has 0 N–H and O–H groups in total. The molecular formula is C33H42N2O4. The first kappa shape index (κ1) is 29.9. The highest BCUT2D eigenvalue weighted by Gasteiger charge is 2.21. The normalized spacial score (nSPS) is 11.6. The van der Waals surface area contributed by atoms with E-state index in [2.05, 4.69) is 27.7 Å². The van der Waals surface area contributed by atoms with Gasteiger partial charge in [-0.1, -0.05) is 64.1 Å². The molecule has 0 saturated carbocycles. The SMILES string of the molecule is COc1ccc2c(C(=O)c3ccc(/C=C/CCC=O)cc3)cn(CC(=O)N(CCC(C)C)CCC(C)C)c2c1. The molecule has 1 aromatic heterocycles. The first-order valence-corrected chi connectivity index (χ1v) is 13.9. The lowest BCUT2D eigenvalue weighted by Crippen LogP contribution is -2.36. The van der Waals surface area contributed by atoms with Crippen LogP contribution in [0.2, 0.25) is 0 Å². The summed E-state index contributed by atoms with van der Waals surface area (Å²) in [6.45, 7) is 10.3. The van der Waals surface area contributed by atoms with Gasteiger partial charge in [0, 0.05) is 48.3 Å². The van der Waals surface area contributed by atoms with E-state index in [4.69, 9.17) is 4.74 Å². The highest BCUT2D eigenvalue weighted by atomic mass is 16.5. The fraction of sp³-hybridized carbons (Fsp3) is 0.424. The molecule has 0 atom stereocenters. The average molecular weight is 531 g/mol. The van der Waals surface area contributed by atoms with Gasteiger partial charge in [0.05, 0.1) is 12.6 Å². The minimum absolute atomic E-state index is 0.0562. The number of aromatic nitrogens is 1. The van der Waals surface area contributed by atoms with Crippen molar-refractivity contribution in [2.24, 2.45) is 11.8 Å². The van der Waals surface area contributed by atoms with Crippen LogP contribution in [0.25, 0.3) is 17.0 Å². The molecule has 6 heteroatoms. The summed E-state index contributed by atoms with van der Waals surface area (Å²) in [4.78, 5) is 39.6. The van der Waals surface area contributed by atoms with Gasteiger partial charge in [0.15, 0.2) is 5.78 Å². The van der Waals surface area contributed by atoms with Crippen molar-refractivity contribution in [3.63, 3.8) is 0 Å². The van der Waals surface area contributed by atoms with Crippen LogP contribution in [0.4, 0.5) is 0 Å². The van der Waals surface area contributed by atoms with Crippen LogP contribution >= 0.6 is 0 Å². The van der Waals surface area contributed by atoms with Crippen molar-refractivity contribution >= 4 is 35.0 Å². The number of amides is 1. The molecule has 1 amide bonds. The van der Waals surface area contributed by atoms with E-state index in [1.54, 1.807) is 13.3 Å². The second-order valence-electron chi connectivity index (χ2n) is 10.9. The zero-order valence-corrected chi connectivity index (χ0v) is 24.0. The van der Waals surface area contributed by atoms with E-state index in [0.717, 1.165) is 48.7 Å². The Morgan fingerprint density at radius 2 is 1.62 bits per heavy atom. The molecule has 0 radical (unpaired) electrons. The van der Waals surface area contributed by atoms with Crippen LogP contribution < -0.4 is 4.74 Å². The number of ketones is 1. The number of allylic oxidation sites excluding steroid dienone is 1. The van der Waals surface area contributed by atoms with E-state index in [-0.39, 0.29) is 18.2 Å². The molecule has 0 aliphatic carbocycles. The average Bonchev–Trinajstić information content (AvgIpc) is 3.27. The molecule has 39 heavy (non-hydrogen) atoms. The largest absolute Gasteiger partial charge is 0.497 e. The Balaban J connectivity index is 1.90. The van der Waals surface area contributed by atoms with Crippen molar-refractivity contribution < 1.29 is 19.1 Å². The van der Waals surface area contributed by atoms with Crippen LogP contribution in [0.3, 0.4) is 0 Å². The lowest BCUT2D eigenvalue weighted by Gasteiger charge is -2.25. The molecule has 1 heterocycles. The standard InChI is InChI=1S/C33H42N2O4/c1-24(2)16-18-34(19-17-25(3)4)32(37)23-35-22-30(29-15-14-28(39-5)21-31(29)35)33(38)27-12-10-26(11-13-27)9-7-6-8-20-36/h7,9-15,20-22,24-25H,6,8,16-19,23H2,1-5H3/b9-7+. The van der Waals surface area contributed by atoms with Crippen molar-refractivity contribution in [2.75, 3.05) is 20.2 Å². The number of unbranched alkanes of at least 4 members (excludes halogenated alkanes) is 1. The number of carbonyl (C=O) groups excluding carboxylic acids is 3. The quantitative estimate of drug-likeness (QED) is 0.123. The molecule has 0 saturated heterocycles. The molecule has 3 aromatic rings. The number of benzene rings is 2. The summed E-state index contributed by atoms with van der Waals surface area (Å²) >= 11 is 0. The van der Waals surface area contributed by atoms with Crippen LogP contribution in [0.15, 0.2) is 54.7 Å². The zero-order chi connectivity index (χ0) is 28.4. The molecule has 0 unspecified atom stereocenters. The van der Waals surface area contributed by atoms with Crippen LogP contribution in [-0.2, 0) is 16.1 Å². The number of hydrogen-bond donors (Lipinski definition) is 0. The summed E-state index contributed by atoms with van der Waals surface area (Å²) < 4.78 is 7.34. The Labute approximate surface area is 232 Å². The number of methoxy groups -OCH3 is 1. The van der Waals surface area contributed by atoms with E-state index in [9.17, 15) is 14.4 Å². The molecule has 208 valence electrons. The predicted molar refractivity (Wildman–Crippen MR) is 158 cm³/mol. The lowest BCUT2D eigenvalue weighted by atomic mass is 10.0. The van der Waals surface area contributed by atoms with Gasteiger partial charge in [0.2, 0.25) is 5.91 Å². The third-order valence-corrected chi connectivity index (χ3v) is 6.88. The van der Waals surface area contributed by atoms with Crippen LogP contribution in [0.5, 0.6) is 5.75 Å². The van der Waals surface area contributed by atoms with Gasteiger partial charge < -0.3 is 19.0 Å². The second-order valence-corrected chi connectivity index (χ2v) is 10.9. The van der Waals surface area contributed by atoms with Gasteiger partial charge in [0.1, 0.15) is 18.6 Å². The van der Waals surface area contributed by atoms with Crippen molar-refractivity contribution in [3.8, 4) is 5.75 Å². The highest BCUT2D eigenvalue weighted by molar-refractivity contribution is 6.16. The number of hydrogen-bond acceptors (Lipinski definition) is 4. The summed E-state index contributed by atoms with van der Waals surface area (Å²) in [7, 11) is 1.61. The molecule has 0 fully saturated rings. The minimum atomic E-state index is -0.0932. The van der Waals surface area contributed by atoms with Crippen LogP contribution in [-0.4, -0.2) is 47.6 Å². The Bertz CT molecular complexity index is 1270. The van der Waals surface area contributed by atoms with Gasteiger partial charge >= 0.3 is 0 Å². The Kier molecular flexibility index (Phi) is 11.1. The predicted octanol–water partition coefficient (Wildman–Crippen LogP) is 6.79. The first-order valence-electron chi connectivity index (χ1n) is 13.9. The van der Waals surface area contributed by atoms with Crippen molar-refractivity contribution in [1.82, 2.24) is 9.47 Å². The van der Waals surface area contributed by atoms with E-state index in [1.165, 1.54) is 0 Å². The summed E-state index contributed by atoms with van der Waals surface area (Å²) in [5.74, 6) is 1.66. The van der Waals surface area contributed by atoms with Gasteiger partial charge in [-0.05, 0) is 48.8 Å². The zero-order valence-electron chi connectivity index (χ0n) is 24.0. The fourth-order valence-electron chi connectivity index (χ4n) is 4.43. The van der Waals surface area contributed by atoms with E-state index >= 15 is 0 Å². The van der Waals surface area contributed by atoms with Gasteiger partial charge in [-0.2, -0.15) is 0 Å². The Morgan fingerprint density at radius 3 is 2.21 bits per heavy atom. The fourth-order valence-corrected chi connectivity index (χ4v) is 4.43. The minimum Gasteiger partial charge on any atom is -0.497 e. The summed E-state index contributed by atoms with van der Waals surface area (Å²) in [5.41, 5.74) is 2.91. The number of fused-ring (bicyclic) bond motifs is 1. The maximum Gasteiger partial charge on any atom is 0.242 e. The number of carbonyl (C=O) groups is 3. The number of ether oxygens (including phenoxy) is 1. The van der Waals surface area contributed by atoms with E-state index in [0.29, 0.717) is 41.6 Å². The molecule has 0 aliphatic rings. The van der Waals surface area contributed by atoms with Gasteiger partial charge in [-0.25, -0.2) is 0 Å². The third-order valence-electron chi connectivity index (χ3n) is 6.88. The molecule has 6 nitrogen and oxygen atoms in total. The first-order chi connectivity index (χ1) is 18.7. The number of aldehydes is 1. The van der Waals surface area contributed by atoms with Gasteiger partial charge in [0.25, 0.3) is 0 Å².